The number of aromatic nitrogens is 1. The van der Waals surface area contributed by atoms with Crippen molar-refractivity contribution in [2.24, 2.45) is 11.3 Å². The number of ketones is 1. The third-order valence-corrected chi connectivity index (χ3v) is 9.74. The van der Waals surface area contributed by atoms with Crippen molar-refractivity contribution < 1.29 is 19.7 Å². The van der Waals surface area contributed by atoms with Crippen LogP contribution < -0.4 is 0 Å². The van der Waals surface area contributed by atoms with Crippen LogP contribution in [-0.2, 0) is 9.53 Å². The number of fused-ring (bicyclic) bond motifs is 2. The second kappa shape index (κ2) is 6.41. The van der Waals surface area contributed by atoms with Gasteiger partial charge in [0.05, 0.1) is 5.60 Å². The smallest absolute Gasteiger partial charge is 0.167 e. The van der Waals surface area contributed by atoms with Crippen molar-refractivity contribution in [3.63, 3.8) is 0 Å². The molecule has 2 spiro atoms. The van der Waals surface area contributed by atoms with Crippen LogP contribution in [-0.4, -0.2) is 44.4 Å². The summed E-state index contributed by atoms with van der Waals surface area (Å²) in [7, 11) is 0. The fourth-order valence-corrected chi connectivity index (χ4v) is 8.14. The van der Waals surface area contributed by atoms with Crippen molar-refractivity contribution in [2.45, 2.75) is 74.8 Å². The summed E-state index contributed by atoms with van der Waals surface area (Å²) < 4.78 is 6.96. The van der Waals surface area contributed by atoms with Crippen molar-refractivity contribution in [1.29, 1.82) is 0 Å². The van der Waals surface area contributed by atoms with Crippen molar-refractivity contribution in [3.05, 3.63) is 65.5 Å². The number of pyridine rings is 1. The normalized spacial score (nSPS) is 43.5. The Hall–Kier alpha value is -2.34. The van der Waals surface area contributed by atoms with E-state index in [9.17, 15) is 15.0 Å². The molecule has 1 aromatic heterocycles. The standard InChI is InChI=1S/C28H29NO4/c1-26-8-6-19-13-21-24(31)25(32)22(30)14-27(21)9-10-28(19,33-27)23(26)5-4-20(26)17-3-2-16-7-11-29-15-18(16)12-17/h2-3,6-7,11-13,15,20,23-25,31-32H,4-5,8-10,14H2,1H3/t20-,23-,24-,25-,26-,27-,28-/m1/s1. The highest BCUT2D eigenvalue weighted by Gasteiger charge is 2.68. The van der Waals surface area contributed by atoms with Crippen molar-refractivity contribution >= 4 is 16.6 Å². The summed E-state index contributed by atoms with van der Waals surface area (Å²) in [5, 5.41) is 23.3. The number of Topliss-reactive ketones (excluding diaryl/α,β-unsaturated/α-hetero) is 1. The van der Waals surface area contributed by atoms with E-state index in [0.717, 1.165) is 37.7 Å². The molecule has 2 N–H and O–H groups in total. The molecule has 3 aliphatic carbocycles. The lowest BCUT2D eigenvalue weighted by atomic mass is 9.58. The van der Waals surface area contributed by atoms with Gasteiger partial charge in [-0.2, -0.15) is 0 Å². The summed E-state index contributed by atoms with van der Waals surface area (Å²) in [6.45, 7) is 2.42. The number of hydrogen-bond acceptors (Lipinski definition) is 5. The van der Waals surface area contributed by atoms with Gasteiger partial charge >= 0.3 is 0 Å². The van der Waals surface area contributed by atoms with E-state index in [-0.39, 0.29) is 17.6 Å². The Bertz CT molecular complexity index is 1270. The van der Waals surface area contributed by atoms with Crippen LogP contribution in [0.25, 0.3) is 10.8 Å². The van der Waals surface area contributed by atoms with E-state index in [1.807, 2.05) is 12.4 Å². The maximum Gasteiger partial charge on any atom is 0.167 e. The van der Waals surface area contributed by atoms with Gasteiger partial charge in [-0.25, -0.2) is 0 Å². The van der Waals surface area contributed by atoms with E-state index < -0.39 is 23.4 Å². The first-order valence-electron chi connectivity index (χ1n) is 12.2. The molecule has 0 radical (unpaired) electrons. The molecule has 1 aromatic carbocycles. The molecule has 5 nitrogen and oxygen atoms in total. The summed E-state index contributed by atoms with van der Waals surface area (Å²) in [5.41, 5.74) is 2.14. The number of benzene rings is 1. The minimum atomic E-state index is -1.34. The molecular weight excluding hydrogens is 414 g/mol. The van der Waals surface area contributed by atoms with Gasteiger partial charge in [0.1, 0.15) is 17.8 Å². The Morgan fingerprint density at radius 2 is 1.97 bits per heavy atom. The lowest BCUT2D eigenvalue weighted by molar-refractivity contribution is -0.164. The van der Waals surface area contributed by atoms with Crippen LogP contribution in [0.4, 0.5) is 0 Å². The largest absolute Gasteiger partial charge is 0.385 e. The number of nitrogens with zero attached hydrogens (tertiary/aromatic N) is 1. The third kappa shape index (κ3) is 2.43. The zero-order valence-corrected chi connectivity index (χ0v) is 18.8. The van der Waals surface area contributed by atoms with Gasteiger partial charge < -0.3 is 14.9 Å². The van der Waals surface area contributed by atoms with Gasteiger partial charge in [0, 0.05) is 24.2 Å². The average Bonchev–Trinajstić information content (AvgIpc) is 3.33. The van der Waals surface area contributed by atoms with Gasteiger partial charge in [0.2, 0.25) is 0 Å². The minimum Gasteiger partial charge on any atom is -0.385 e. The lowest BCUT2D eigenvalue weighted by Gasteiger charge is -2.54. The summed E-state index contributed by atoms with van der Waals surface area (Å²) in [4.78, 5) is 16.8. The first kappa shape index (κ1) is 20.1. The first-order valence-corrected chi connectivity index (χ1v) is 12.2. The highest BCUT2D eigenvalue weighted by atomic mass is 16.5. The number of aliphatic hydroxyl groups is 2. The molecule has 0 amide bonds. The maximum absolute atomic E-state index is 12.5. The molecule has 2 bridgehead atoms. The van der Waals surface area contributed by atoms with E-state index in [1.165, 1.54) is 16.3 Å². The van der Waals surface area contributed by atoms with E-state index in [4.69, 9.17) is 4.74 Å². The number of carbonyl (C=O) groups excluding carboxylic acids is 1. The Morgan fingerprint density at radius 1 is 1.09 bits per heavy atom. The van der Waals surface area contributed by atoms with Crippen LogP contribution >= 0.6 is 0 Å². The first-order chi connectivity index (χ1) is 15.9. The minimum absolute atomic E-state index is 0.0626. The topological polar surface area (TPSA) is 79.7 Å². The van der Waals surface area contributed by atoms with Crippen LogP contribution in [0.5, 0.6) is 0 Å². The zero-order chi connectivity index (χ0) is 22.6. The molecule has 2 saturated carbocycles. The van der Waals surface area contributed by atoms with E-state index >= 15 is 0 Å². The molecule has 5 aliphatic rings. The highest BCUT2D eigenvalue weighted by molar-refractivity contribution is 5.88. The summed E-state index contributed by atoms with van der Waals surface area (Å²) in [6, 6.07) is 8.86. The Balaban J connectivity index is 1.31. The quantitative estimate of drug-likeness (QED) is 0.697. The Kier molecular flexibility index (Phi) is 3.90. The van der Waals surface area contributed by atoms with Crippen LogP contribution in [0, 0.1) is 11.3 Å². The van der Waals surface area contributed by atoms with Crippen LogP contribution in [0.2, 0.25) is 0 Å². The van der Waals surface area contributed by atoms with Crippen LogP contribution in [0.1, 0.15) is 56.9 Å². The van der Waals surface area contributed by atoms with Gasteiger partial charge in [-0.05, 0) is 83.6 Å². The van der Waals surface area contributed by atoms with Gasteiger partial charge in [0.15, 0.2) is 5.78 Å². The monoisotopic (exact) mass is 443 g/mol. The summed E-state index contributed by atoms with van der Waals surface area (Å²) in [6.07, 6.45) is 10.6. The van der Waals surface area contributed by atoms with E-state index in [2.05, 4.69) is 48.3 Å². The van der Waals surface area contributed by atoms with Crippen LogP contribution in [0.3, 0.4) is 0 Å². The molecule has 2 aromatic rings. The average molecular weight is 444 g/mol. The number of aliphatic hydroxyl groups excluding tert-OH is 2. The van der Waals surface area contributed by atoms with Gasteiger partial charge in [-0.15, -0.1) is 0 Å². The third-order valence-electron chi connectivity index (χ3n) is 9.74. The predicted octanol–water partition coefficient (Wildman–Crippen LogP) is 3.99. The summed E-state index contributed by atoms with van der Waals surface area (Å²) in [5.74, 6) is 0.484. The summed E-state index contributed by atoms with van der Waals surface area (Å²) >= 11 is 0. The molecule has 7 atom stereocenters. The van der Waals surface area contributed by atoms with Crippen molar-refractivity contribution in [1.82, 2.24) is 4.98 Å². The number of ether oxygens (including phenoxy) is 1. The molecule has 33 heavy (non-hydrogen) atoms. The van der Waals surface area contributed by atoms with E-state index in [0.29, 0.717) is 17.4 Å². The molecule has 3 fully saturated rings. The Morgan fingerprint density at radius 3 is 2.85 bits per heavy atom. The molecule has 5 heteroatoms. The fourth-order valence-electron chi connectivity index (χ4n) is 8.14. The number of allylic oxidation sites excluding steroid dienone is 1. The molecule has 7 rings (SSSR count). The fraction of sp³-hybridized carbons (Fsp3) is 0.500. The molecule has 1 saturated heterocycles. The molecule has 2 aliphatic heterocycles. The van der Waals surface area contributed by atoms with Gasteiger partial charge in [-0.1, -0.05) is 31.2 Å². The van der Waals surface area contributed by atoms with Crippen molar-refractivity contribution in [3.8, 4) is 0 Å². The highest BCUT2D eigenvalue weighted by Crippen LogP contribution is 2.69. The van der Waals surface area contributed by atoms with Gasteiger partial charge in [-0.3, -0.25) is 9.78 Å². The second-order valence-corrected chi connectivity index (χ2v) is 11.2. The zero-order valence-electron chi connectivity index (χ0n) is 18.8. The second-order valence-electron chi connectivity index (χ2n) is 11.2. The van der Waals surface area contributed by atoms with Gasteiger partial charge in [0.25, 0.3) is 0 Å². The van der Waals surface area contributed by atoms with Crippen molar-refractivity contribution in [2.75, 3.05) is 0 Å². The SMILES string of the molecule is C[C@]12CC=C3C=C4[C@@H](O)[C@H](O)C(=O)C[C@]45CC[C@]3(O5)[C@@H]1CC[C@@H]2c1ccc2ccncc2c1. The number of rotatable bonds is 1. The van der Waals surface area contributed by atoms with E-state index in [1.54, 1.807) is 0 Å². The molecule has 170 valence electrons. The number of hydrogen-bond donors (Lipinski definition) is 2. The lowest BCUT2D eigenvalue weighted by Crippen LogP contribution is -2.58. The molecule has 3 heterocycles. The maximum atomic E-state index is 12.5. The number of carbonyl (C=O) groups is 1. The Labute approximate surface area is 193 Å². The molecule has 0 unspecified atom stereocenters. The molecular formula is C28H29NO4. The predicted molar refractivity (Wildman–Crippen MR) is 124 cm³/mol. The van der Waals surface area contributed by atoms with Crippen LogP contribution in [0.15, 0.2) is 60.0 Å².